The normalized spacial score (nSPS) is 19.5. The maximum Gasteiger partial charge on any atom is 0.327 e. The summed E-state index contributed by atoms with van der Waals surface area (Å²) in [5, 5.41) is 19.0. The summed E-state index contributed by atoms with van der Waals surface area (Å²) in [6.45, 7) is 1.95. The Kier molecular flexibility index (Phi) is 7.83. The van der Waals surface area contributed by atoms with Gasteiger partial charge in [-0.1, -0.05) is 0 Å². The van der Waals surface area contributed by atoms with Crippen LogP contribution in [0.1, 0.15) is 19.8 Å². The van der Waals surface area contributed by atoms with E-state index in [0.717, 1.165) is 19.4 Å². The minimum absolute atomic E-state index is 0.0633. The first-order valence-corrected chi connectivity index (χ1v) is 7.93. The van der Waals surface area contributed by atoms with Crippen molar-refractivity contribution in [3.05, 3.63) is 0 Å². The van der Waals surface area contributed by atoms with Crippen LogP contribution in [0.25, 0.3) is 0 Å². The van der Waals surface area contributed by atoms with Gasteiger partial charge in [0, 0.05) is 5.75 Å². The highest BCUT2D eigenvalue weighted by atomic mass is 32.1. The first-order valence-electron chi connectivity index (χ1n) is 7.29. The smallest absolute Gasteiger partial charge is 0.327 e. The number of carbonyl (C=O) groups excluding carboxylic acids is 3. The molecular formula is C13H22N4O5S. The molecule has 5 N–H and O–H groups in total. The van der Waals surface area contributed by atoms with Gasteiger partial charge in [0.2, 0.25) is 17.7 Å². The Balaban J connectivity index is 2.33. The van der Waals surface area contributed by atoms with E-state index >= 15 is 0 Å². The summed E-state index contributed by atoms with van der Waals surface area (Å²) in [6.07, 6.45) is 1.64. The van der Waals surface area contributed by atoms with Gasteiger partial charge in [0.1, 0.15) is 12.1 Å². The number of nitrogens with one attached hydrogen (secondary N) is 4. The van der Waals surface area contributed by atoms with Crippen molar-refractivity contribution in [3.8, 4) is 0 Å². The van der Waals surface area contributed by atoms with E-state index in [1.165, 1.54) is 6.92 Å². The van der Waals surface area contributed by atoms with Gasteiger partial charge >= 0.3 is 5.97 Å². The van der Waals surface area contributed by atoms with Gasteiger partial charge in [-0.05, 0) is 26.3 Å². The molecule has 1 saturated heterocycles. The van der Waals surface area contributed by atoms with Crippen molar-refractivity contribution in [2.45, 2.75) is 37.9 Å². The standard InChI is InChI=1S/C13H22N4O5S/c1-7(11(19)17-9(6-23)13(21)22)16-10(18)5-15-12(20)8-3-2-4-14-8/h7-9,14,23H,2-6H2,1H3,(H,15,20)(H,16,18)(H,17,19)(H,21,22). The molecule has 1 aliphatic rings. The first kappa shape index (κ1) is 19.2. The summed E-state index contributed by atoms with van der Waals surface area (Å²) in [5.74, 6) is -2.69. The molecule has 3 unspecified atom stereocenters. The molecular weight excluding hydrogens is 324 g/mol. The average molecular weight is 346 g/mol. The van der Waals surface area contributed by atoms with Gasteiger partial charge in [0.15, 0.2) is 0 Å². The Hall–Kier alpha value is -1.81. The zero-order valence-corrected chi connectivity index (χ0v) is 13.7. The van der Waals surface area contributed by atoms with Crippen molar-refractivity contribution < 1.29 is 24.3 Å². The number of amides is 3. The number of carboxylic acids is 1. The monoisotopic (exact) mass is 346 g/mol. The Morgan fingerprint density at radius 2 is 2.00 bits per heavy atom. The number of carbonyl (C=O) groups is 4. The van der Waals surface area contributed by atoms with Crippen LogP contribution in [-0.2, 0) is 19.2 Å². The van der Waals surface area contributed by atoms with Gasteiger partial charge < -0.3 is 26.4 Å². The third-order valence-electron chi connectivity index (χ3n) is 3.37. The fourth-order valence-electron chi connectivity index (χ4n) is 2.04. The SMILES string of the molecule is CC(NC(=O)CNC(=O)C1CCCN1)C(=O)NC(CS)C(=O)O. The molecule has 0 aliphatic carbocycles. The van der Waals surface area contributed by atoms with E-state index in [2.05, 4.69) is 33.9 Å². The van der Waals surface area contributed by atoms with Gasteiger partial charge in [0.25, 0.3) is 0 Å². The molecule has 23 heavy (non-hydrogen) atoms. The van der Waals surface area contributed by atoms with E-state index in [9.17, 15) is 19.2 Å². The maximum atomic E-state index is 11.8. The molecule has 10 heteroatoms. The summed E-state index contributed by atoms with van der Waals surface area (Å²) < 4.78 is 0. The molecule has 1 rings (SSSR count). The predicted molar refractivity (Wildman–Crippen MR) is 85.1 cm³/mol. The molecule has 3 atom stereocenters. The Morgan fingerprint density at radius 3 is 2.52 bits per heavy atom. The molecule has 1 fully saturated rings. The number of rotatable bonds is 8. The van der Waals surface area contributed by atoms with Crippen LogP contribution < -0.4 is 21.3 Å². The molecule has 0 bridgehead atoms. The third-order valence-corrected chi connectivity index (χ3v) is 3.73. The quantitative estimate of drug-likeness (QED) is 0.278. The zero-order valence-electron chi connectivity index (χ0n) is 12.8. The lowest BCUT2D eigenvalue weighted by Gasteiger charge is -2.18. The topological polar surface area (TPSA) is 137 Å². The molecule has 9 nitrogen and oxygen atoms in total. The number of thiol groups is 1. The summed E-state index contributed by atoms with van der Waals surface area (Å²) in [5.41, 5.74) is 0. The molecule has 1 aliphatic heterocycles. The lowest BCUT2D eigenvalue weighted by atomic mass is 10.2. The Morgan fingerprint density at radius 1 is 1.30 bits per heavy atom. The minimum Gasteiger partial charge on any atom is -0.480 e. The highest BCUT2D eigenvalue weighted by Gasteiger charge is 2.24. The van der Waals surface area contributed by atoms with E-state index in [1.807, 2.05) is 0 Å². The highest BCUT2D eigenvalue weighted by molar-refractivity contribution is 7.80. The zero-order chi connectivity index (χ0) is 17.4. The average Bonchev–Trinajstić information content (AvgIpc) is 3.03. The van der Waals surface area contributed by atoms with Crippen LogP contribution in [0.15, 0.2) is 0 Å². The molecule has 3 amide bonds. The van der Waals surface area contributed by atoms with E-state index in [-0.39, 0.29) is 24.2 Å². The van der Waals surface area contributed by atoms with Crippen molar-refractivity contribution in [3.63, 3.8) is 0 Å². The van der Waals surface area contributed by atoms with Crippen LogP contribution >= 0.6 is 12.6 Å². The number of aliphatic carboxylic acids is 1. The van der Waals surface area contributed by atoms with Crippen molar-refractivity contribution in [1.82, 2.24) is 21.3 Å². The molecule has 0 saturated carbocycles. The molecule has 0 aromatic carbocycles. The van der Waals surface area contributed by atoms with Crippen molar-refractivity contribution in [2.24, 2.45) is 0 Å². The van der Waals surface area contributed by atoms with E-state index in [4.69, 9.17) is 5.11 Å². The van der Waals surface area contributed by atoms with Gasteiger partial charge in [-0.2, -0.15) is 12.6 Å². The van der Waals surface area contributed by atoms with Gasteiger partial charge in [-0.25, -0.2) is 4.79 Å². The fraction of sp³-hybridized carbons (Fsp3) is 0.692. The summed E-state index contributed by atoms with van der Waals surface area (Å²) in [6, 6.07) is -2.33. The van der Waals surface area contributed by atoms with E-state index in [1.54, 1.807) is 0 Å². The Labute approximate surface area is 139 Å². The van der Waals surface area contributed by atoms with Crippen molar-refractivity contribution in [2.75, 3.05) is 18.8 Å². The second-order valence-corrected chi connectivity index (χ2v) is 5.60. The lowest BCUT2D eigenvalue weighted by molar-refractivity contribution is -0.141. The molecule has 0 radical (unpaired) electrons. The van der Waals surface area contributed by atoms with Crippen LogP contribution in [0.4, 0.5) is 0 Å². The van der Waals surface area contributed by atoms with Gasteiger partial charge in [-0.3, -0.25) is 14.4 Å². The maximum absolute atomic E-state index is 11.8. The summed E-state index contributed by atoms with van der Waals surface area (Å²) >= 11 is 3.83. The van der Waals surface area contributed by atoms with Crippen molar-refractivity contribution in [1.29, 1.82) is 0 Å². The van der Waals surface area contributed by atoms with Crippen LogP contribution in [0.3, 0.4) is 0 Å². The molecule has 0 aromatic heterocycles. The second-order valence-electron chi connectivity index (χ2n) is 5.24. The van der Waals surface area contributed by atoms with E-state index in [0.29, 0.717) is 0 Å². The van der Waals surface area contributed by atoms with Crippen LogP contribution in [-0.4, -0.2) is 65.8 Å². The van der Waals surface area contributed by atoms with Gasteiger partial charge in [0.05, 0.1) is 12.6 Å². The largest absolute Gasteiger partial charge is 0.480 e. The van der Waals surface area contributed by atoms with Crippen LogP contribution in [0, 0.1) is 0 Å². The molecule has 0 spiro atoms. The minimum atomic E-state index is -1.21. The number of hydrogen-bond acceptors (Lipinski definition) is 6. The van der Waals surface area contributed by atoms with Gasteiger partial charge in [-0.15, -0.1) is 0 Å². The van der Waals surface area contributed by atoms with E-state index < -0.39 is 29.9 Å². The lowest BCUT2D eigenvalue weighted by Crippen LogP contribution is -2.53. The predicted octanol–water partition coefficient (Wildman–Crippen LogP) is -2.14. The number of carboxylic acid groups (broad SMARTS) is 1. The van der Waals surface area contributed by atoms with Crippen LogP contribution in [0.2, 0.25) is 0 Å². The summed E-state index contributed by atoms with van der Waals surface area (Å²) in [4.78, 5) is 46.0. The first-order chi connectivity index (χ1) is 10.8. The fourth-order valence-corrected chi connectivity index (χ4v) is 2.29. The second kappa shape index (κ2) is 9.36. The Bertz CT molecular complexity index is 467. The molecule has 0 aromatic rings. The summed E-state index contributed by atoms with van der Waals surface area (Å²) in [7, 11) is 0. The highest BCUT2D eigenvalue weighted by Crippen LogP contribution is 2.04. The van der Waals surface area contributed by atoms with Crippen molar-refractivity contribution >= 4 is 36.3 Å². The molecule has 1 heterocycles. The van der Waals surface area contributed by atoms with Crippen LogP contribution in [0.5, 0.6) is 0 Å². The molecule has 130 valence electrons. The third kappa shape index (κ3) is 6.45. The number of hydrogen-bond donors (Lipinski definition) is 6.